The minimum atomic E-state index is -0.156. The fourth-order valence-electron chi connectivity index (χ4n) is 2.23. The summed E-state index contributed by atoms with van der Waals surface area (Å²) in [6, 6.07) is 18.2. The Hall–Kier alpha value is -2.20. The van der Waals surface area contributed by atoms with Gasteiger partial charge >= 0.3 is 0 Å². The zero-order valence-electron chi connectivity index (χ0n) is 12.3. The molecule has 3 nitrogen and oxygen atoms in total. The first-order chi connectivity index (χ1) is 10.7. The Bertz CT molecular complexity index is 768. The van der Waals surface area contributed by atoms with Crippen LogP contribution in [0.15, 0.2) is 70.2 Å². The highest BCUT2D eigenvalue weighted by Crippen LogP contribution is 2.27. The van der Waals surface area contributed by atoms with Crippen molar-refractivity contribution in [3.8, 4) is 0 Å². The van der Waals surface area contributed by atoms with Crippen molar-refractivity contribution in [2.45, 2.75) is 23.6 Å². The number of carbonyl (C=O) groups is 1. The summed E-state index contributed by atoms with van der Waals surface area (Å²) in [4.78, 5) is 13.2. The van der Waals surface area contributed by atoms with E-state index in [2.05, 4.69) is 35.6 Å². The molecule has 0 saturated carbocycles. The molecular formula is C18H17NO2S. The highest BCUT2D eigenvalue weighted by atomic mass is 32.2. The molecule has 1 heterocycles. The number of hydrogen-bond donors (Lipinski definition) is 1. The predicted octanol–water partition coefficient (Wildman–Crippen LogP) is 4.23. The van der Waals surface area contributed by atoms with Crippen molar-refractivity contribution in [2.75, 3.05) is 0 Å². The topological polar surface area (TPSA) is 42.2 Å². The lowest BCUT2D eigenvalue weighted by Gasteiger charge is -2.11. The molecule has 0 aliphatic heterocycles. The minimum absolute atomic E-state index is 0.00885. The van der Waals surface area contributed by atoms with Gasteiger partial charge in [-0.1, -0.05) is 30.3 Å². The number of rotatable bonds is 5. The highest BCUT2D eigenvalue weighted by molar-refractivity contribution is 8.00. The fraction of sp³-hybridized carbons (Fsp3) is 0.167. The maximum Gasteiger partial charge on any atom is 0.233 e. The van der Waals surface area contributed by atoms with Crippen molar-refractivity contribution in [3.05, 3.63) is 66.6 Å². The Balaban J connectivity index is 1.61. The molecule has 4 heteroatoms. The molecule has 0 bridgehead atoms. The molecule has 0 fully saturated rings. The molecule has 1 atom stereocenters. The number of nitrogens with one attached hydrogen (secondary N) is 1. The summed E-state index contributed by atoms with van der Waals surface area (Å²) >= 11 is 1.56. The number of carbonyl (C=O) groups excluding carboxylic acids is 1. The Morgan fingerprint density at radius 1 is 1.14 bits per heavy atom. The van der Waals surface area contributed by atoms with Gasteiger partial charge in [-0.05, 0) is 42.0 Å². The molecule has 112 valence electrons. The summed E-state index contributed by atoms with van der Waals surface area (Å²) < 4.78 is 5.21. The van der Waals surface area contributed by atoms with Gasteiger partial charge in [0.25, 0.3) is 0 Å². The molecule has 1 aromatic heterocycles. The average molecular weight is 311 g/mol. The van der Waals surface area contributed by atoms with Gasteiger partial charge in [-0.2, -0.15) is 0 Å². The van der Waals surface area contributed by atoms with Crippen LogP contribution in [0, 0.1) is 0 Å². The lowest BCUT2D eigenvalue weighted by molar-refractivity contribution is -0.120. The number of thioether (sulfide) groups is 1. The molecule has 0 spiro atoms. The van der Waals surface area contributed by atoms with Crippen LogP contribution >= 0.6 is 11.8 Å². The zero-order chi connectivity index (χ0) is 15.4. The summed E-state index contributed by atoms with van der Waals surface area (Å²) in [5.74, 6) is 0.769. The average Bonchev–Trinajstić information content (AvgIpc) is 3.06. The lowest BCUT2D eigenvalue weighted by Crippen LogP contribution is -2.30. The second kappa shape index (κ2) is 6.71. The molecule has 0 aliphatic carbocycles. The van der Waals surface area contributed by atoms with Gasteiger partial charge in [0, 0.05) is 4.90 Å². The van der Waals surface area contributed by atoms with E-state index in [1.165, 1.54) is 10.8 Å². The molecular weight excluding hydrogens is 294 g/mol. The third kappa shape index (κ3) is 3.52. The van der Waals surface area contributed by atoms with Crippen LogP contribution < -0.4 is 5.32 Å². The third-order valence-electron chi connectivity index (χ3n) is 3.42. The Labute approximate surface area is 133 Å². The van der Waals surface area contributed by atoms with Crippen molar-refractivity contribution in [2.24, 2.45) is 0 Å². The van der Waals surface area contributed by atoms with Gasteiger partial charge in [-0.3, -0.25) is 4.79 Å². The van der Waals surface area contributed by atoms with E-state index in [0.717, 1.165) is 10.7 Å². The number of amides is 1. The monoisotopic (exact) mass is 311 g/mol. The summed E-state index contributed by atoms with van der Waals surface area (Å²) in [5, 5.41) is 5.13. The van der Waals surface area contributed by atoms with Gasteiger partial charge < -0.3 is 9.73 Å². The van der Waals surface area contributed by atoms with E-state index in [-0.39, 0.29) is 11.2 Å². The number of hydrogen-bond acceptors (Lipinski definition) is 3. The first-order valence-electron chi connectivity index (χ1n) is 7.18. The Kier molecular flexibility index (Phi) is 4.49. The van der Waals surface area contributed by atoms with Crippen LogP contribution in [0.5, 0.6) is 0 Å². The van der Waals surface area contributed by atoms with Gasteiger partial charge in [0.2, 0.25) is 5.91 Å². The first kappa shape index (κ1) is 14.7. The van der Waals surface area contributed by atoms with Crippen LogP contribution in [-0.2, 0) is 11.3 Å². The SMILES string of the molecule is CC(Sc1ccc2ccccc2c1)C(=O)NCc1ccco1. The van der Waals surface area contributed by atoms with Crippen molar-refractivity contribution in [1.29, 1.82) is 0 Å². The van der Waals surface area contributed by atoms with E-state index in [9.17, 15) is 4.79 Å². The van der Waals surface area contributed by atoms with Crippen molar-refractivity contribution >= 4 is 28.4 Å². The fourth-order valence-corrected chi connectivity index (χ4v) is 3.17. The molecule has 3 rings (SSSR count). The standard InChI is InChI=1S/C18H17NO2S/c1-13(18(20)19-12-16-7-4-10-21-16)22-17-9-8-14-5-2-3-6-15(14)11-17/h2-11,13H,12H2,1H3,(H,19,20). The normalized spacial score (nSPS) is 12.2. The van der Waals surface area contributed by atoms with E-state index in [4.69, 9.17) is 4.42 Å². The van der Waals surface area contributed by atoms with Gasteiger partial charge in [0.15, 0.2) is 0 Å². The van der Waals surface area contributed by atoms with E-state index in [0.29, 0.717) is 6.54 Å². The highest BCUT2D eigenvalue weighted by Gasteiger charge is 2.14. The van der Waals surface area contributed by atoms with Crippen molar-refractivity contribution < 1.29 is 9.21 Å². The van der Waals surface area contributed by atoms with E-state index < -0.39 is 0 Å². The second-order valence-corrected chi connectivity index (χ2v) is 6.48. The van der Waals surface area contributed by atoms with Crippen molar-refractivity contribution in [1.82, 2.24) is 5.32 Å². The van der Waals surface area contributed by atoms with E-state index in [1.54, 1.807) is 18.0 Å². The molecule has 3 aromatic rings. The van der Waals surface area contributed by atoms with E-state index >= 15 is 0 Å². The van der Waals surface area contributed by atoms with Crippen LogP contribution in [0.2, 0.25) is 0 Å². The molecule has 1 N–H and O–H groups in total. The van der Waals surface area contributed by atoms with Crippen LogP contribution in [0.25, 0.3) is 10.8 Å². The van der Waals surface area contributed by atoms with Crippen LogP contribution in [0.3, 0.4) is 0 Å². The molecule has 1 amide bonds. The van der Waals surface area contributed by atoms with Crippen LogP contribution in [-0.4, -0.2) is 11.2 Å². The predicted molar refractivity (Wildman–Crippen MR) is 89.8 cm³/mol. The number of furan rings is 1. The molecule has 0 radical (unpaired) electrons. The molecule has 1 unspecified atom stereocenters. The van der Waals surface area contributed by atoms with E-state index in [1.807, 2.05) is 31.2 Å². The third-order valence-corrected chi connectivity index (χ3v) is 4.51. The quantitative estimate of drug-likeness (QED) is 0.717. The summed E-state index contributed by atoms with van der Waals surface area (Å²) in [6.07, 6.45) is 1.61. The van der Waals surface area contributed by atoms with Gasteiger partial charge in [0.1, 0.15) is 5.76 Å². The summed E-state index contributed by atoms with van der Waals surface area (Å²) in [6.45, 7) is 2.34. The van der Waals surface area contributed by atoms with Crippen LogP contribution in [0.1, 0.15) is 12.7 Å². The van der Waals surface area contributed by atoms with Gasteiger partial charge in [-0.15, -0.1) is 11.8 Å². The lowest BCUT2D eigenvalue weighted by atomic mass is 10.1. The maximum atomic E-state index is 12.1. The van der Waals surface area contributed by atoms with Crippen molar-refractivity contribution in [3.63, 3.8) is 0 Å². The zero-order valence-corrected chi connectivity index (χ0v) is 13.1. The van der Waals surface area contributed by atoms with Gasteiger partial charge in [0.05, 0.1) is 18.1 Å². The smallest absolute Gasteiger partial charge is 0.233 e. The summed E-state index contributed by atoms with van der Waals surface area (Å²) in [5.41, 5.74) is 0. The minimum Gasteiger partial charge on any atom is -0.467 e. The molecule has 0 aliphatic rings. The van der Waals surface area contributed by atoms with Gasteiger partial charge in [-0.25, -0.2) is 0 Å². The molecule has 2 aromatic carbocycles. The largest absolute Gasteiger partial charge is 0.467 e. The Morgan fingerprint density at radius 2 is 1.95 bits per heavy atom. The Morgan fingerprint density at radius 3 is 2.73 bits per heavy atom. The molecule has 0 saturated heterocycles. The van der Waals surface area contributed by atoms with Crippen LogP contribution in [0.4, 0.5) is 0 Å². The summed E-state index contributed by atoms with van der Waals surface area (Å²) in [7, 11) is 0. The second-order valence-electron chi connectivity index (χ2n) is 5.07. The number of fused-ring (bicyclic) bond motifs is 1. The number of benzene rings is 2. The molecule has 22 heavy (non-hydrogen) atoms. The first-order valence-corrected chi connectivity index (χ1v) is 8.06. The maximum absolute atomic E-state index is 12.1.